The van der Waals surface area contributed by atoms with Crippen molar-refractivity contribution in [2.24, 2.45) is 56.7 Å². The third kappa shape index (κ3) is 4.55. The van der Waals surface area contributed by atoms with Crippen LogP contribution < -0.4 is 5.32 Å². The molecule has 3 heterocycles. The number of nitrogens with one attached hydrogen (secondary N) is 1. The maximum atomic E-state index is 13.0. The predicted octanol–water partition coefficient (Wildman–Crippen LogP) is 4.11. The van der Waals surface area contributed by atoms with Crippen LogP contribution in [0.15, 0.2) is 0 Å². The summed E-state index contributed by atoms with van der Waals surface area (Å²) in [5, 5.41) is 37.4. The van der Waals surface area contributed by atoms with Gasteiger partial charge in [-0.3, -0.25) is 4.79 Å². The van der Waals surface area contributed by atoms with Gasteiger partial charge in [0.1, 0.15) is 6.10 Å². The van der Waals surface area contributed by atoms with Crippen molar-refractivity contribution >= 4 is 5.91 Å². The minimum absolute atomic E-state index is 0.0119. The summed E-state index contributed by atoms with van der Waals surface area (Å²) >= 11 is 0. The molecule has 1 amide bonds. The SMILES string of the molecule is CC1CC(C(O)C(C)(C)O)OC2C1C1(C)CCC34CC35CCC(OC3CN(C(=O)CC6CNC6)CCO3)C(C)(C)C5CCC4C1(C)C2O. The van der Waals surface area contributed by atoms with Crippen LogP contribution in [0.5, 0.6) is 0 Å². The van der Waals surface area contributed by atoms with Gasteiger partial charge in [0.2, 0.25) is 5.91 Å². The number of fused-ring (bicyclic) bond motifs is 4. The third-order valence-corrected chi connectivity index (χ3v) is 16.9. The second-order valence-electron chi connectivity index (χ2n) is 19.6. The first kappa shape index (κ1) is 34.3. The highest BCUT2D eigenvalue weighted by molar-refractivity contribution is 5.76. The molecule has 8 aliphatic rings. The summed E-state index contributed by atoms with van der Waals surface area (Å²) in [5.41, 5.74) is -1.04. The van der Waals surface area contributed by atoms with Gasteiger partial charge in [0, 0.05) is 18.4 Å². The van der Waals surface area contributed by atoms with Gasteiger partial charge in [-0.1, -0.05) is 34.6 Å². The lowest BCUT2D eigenvalue weighted by molar-refractivity contribution is -0.248. The summed E-state index contributed by atoms with van der Waals surface area (Å²) in [7, 11) is 0. The second-order valence-corrected chi connectivity index (χ2v) is 19.6. The summed E-state index contributed by atoms with van der Waals surface area (Å²) in [5.74, 6) is 2.22. The van der Waals surface area contributed by atoms with Gasteiger partial charge in [-0.25, -0.2) is 0 Å². The number of amides is 1. The number of rotatable bonds is 6. The van der Waals surface area contributed by atoms with Crippen LogP contribution in [0.3, 0.4) is 0 Å². The standard InChI is InChI=1S/C39H64N2O7/c1-22-16-24(32(43)35(4,5)45)47-31-30(22)36(6)12-13-39-21-38(39)11-10-27(34(2,3)25(38)8-9-26(39)37(36,7)33(31)44)48-29-20-41(14-15-46-29)28(42)17-23-18-40-19-23/h22-27,29-33,40,43-45H,8-21H2,1-7H3. The van der Waals surface area contributed by atoms with E-state index in [1.165, 1.54) is 12.8 Å². The zero-order valence-electron chi connectivity index (χ0n) is 30.7. The minimum Gasteiger partial charge on any atom is -0.390 e. The van der Waals surface area contributed by atoms with Crippen LogP contribution in [0.4, 0.5) is 0 Å². The van der Waals surface area contributed by atoms with Crippen LogP contribution in [-0.2, 0) is 19.0 Å². The lowest BCUT2D eigenvalue weighted by Crippen LogP contribution is -2.60. The van der Waals surface area contributed by atoms with Gasteiger partial charge in [-0.2, -0.15) is 0 Å². The maximum Gasteiger partial charge on any atom is 0.223 e. The fourth-order valence-corrected chi connectivity index (χ4v) is 14.2. The van der Waals surface area contributed by atoms with Crippen LogP contribution in [0.2, 0.25) is 0 Å². The Bertz CT molecular complexity index is 1280. The number of aliphatic hydroxyl groups excluding tert-OH is 2. The number of hydrogen-bond donors (Lipinski definition) is 4. The van der Waals surface area contributed by atoms with Crippen molar-refractivity contribution in [3.8, 4) is 0 Å². The highest BCUT2D eigenvalue weighted by atomic mass is 16.7. The molecule has 272 valence electrons. The van der Waals surface area contributed by atoms with Crippen molar-refractivity contribution in [1.82, 2.24) is 10.2 Å². The molecule has 5 aliphatic carbocycles. The molecule has 0 aromatic rings. The van der Waals surface area contributed by atoms with E-state index >= 15 is 0 Å². The molecular weight excluding hydrogens is 608 g/mol. The molecule has 9 nitrogen and oxygen atoms in total. The van der Waals surface area contributed by atoms with Gasteiger partial charge in [-0.15, -0.1) is 0 Å². The van der Waals surface area contributed by atoms with E-state index in [0.717, 1.165) is 45.2 Å². The number of morpholine rings is 1. The Hall–Kier alpha value is -0.810. The molecule has 8 fully saturated rings. The fraction of sp³-hybridized carbons (Fsp3) is 0.974. The van der Waals surface area contributed by atoms with E-state index in [4.69, 9.17) is 14.2 Å². The molecule has 9 heteroatoms. The topological polar surface area (TPSA) is 121 Å². The van der Waals surface area contributed by atoms with E-state index in [1.807, 2.05) is 4.90 Å². The molecule has 0 radical (unpaired) electrons. The van der Waals surface area contributed by atoms with E-state index in [-0.39, 0.29) is 57.4 Å². The van der Waals surface area contributed by atoms with Crippen molar-refractivity contribution in [2.45, 2.75) is 149 Å². The lowest BCUT2D eigenvalue weighted by atomic mass is 9.41. The Kier molecular flexibility index (Phi) is 7.93. The number of carbonyl (C=O) groups excluding carboxylic acids is 1. The van der Waals surface area contributed by atoms with Gasteiger partial charge in [0.05, 0.1) is 43.2 Å². The molecule has 0 aromatic heterocycles. The van der Waals surface area contributed by atoms with Gasteiger partial charge in [-0.05, 0) is 130 Å². The molecule has 2 spiro atoms. The summed E-state index contributed by atoms with van der Waals surface area (Å²) < 4.78 is 19.7. The number of hydrogen-bond acceptors (Lipinski definition) is 8. The first-order valence-electron chi connectivity index (χ1n) is 19.5. The Morgan fingerprint density at radius 2 is 1.77 bits per heavy atom. The molecule has 4 N–H and O–H groups in total. The van der Waals surface area contributed by atoms with Gasteiger partial charge < -0.3 is 39.7 Å². The van der Waals surface area contributed by atoms with Crippen molar-refractivity contribution in [3.63, 3.8) is 0 Å². The highest BCUT2D eigenvalue weighted by Crippen LogP contribution is 2.89. The first-order chi connectivity index (χ1) is 22.5. The average molecular weight is 673 g/mol. The number of carbonyl (C=O) groups is 1. The third-order valence-electron chi connectivity index (χ3n) is 16.9. The Balaban J connectivity index is 0.994. The van der Waals surface area contributed by atoms with Crippen LogP contribution in [0.25, 0.3) is 0 Å². The lowest BCUT2D eigenvalue weighted by Gasteiger charge is -2.64. The highest BCUT2D eigenvalue weighted by Gasteiger charge is 2.84. The number of aliphatic hydroxyl groups is 3. The van der Waals surface area contributed by atoms with E-state index in [9.17, 15) is 20.1 Å². The van der Waals surface area contributed by atoms with Crippen molar-refractivity contribution in [3.05, 3.63) is 0 Å². The molecule has 0 bridgehead atoms. The van der Waals surface area contributed by atoms with E-state index in [1.54, 1.807) is 13.8 Å². The Morgan fingerprint density at radius 3 is 2.46 bits per heavy atom. The molecule has 3 aliphatic heterocycles. The van der Waals surface area contributed by atoms with Crippen molar-refractivity contribution in [2.75, 3.05) is 32.8 Å². The molecule has 48 heavy (non-hydrogen) atoms. The molecule has 14 unspecified atom stereocenters. The summed E-state index contributed by atoms with van der Waals surface area (Å²) in [6.07, 6.45) is 6.70. The van der Waals surface area contributed by atoms with E-state index < -0.39 is 23.9 Å². The number of ether oxygens (including phenoxy) is 3. The average Bonchev–Trinajstić information content (AvgIpc) is 3.64. The quantitative estimate of drug-likeness (QED) is 0.333. The van der Waals surface area contributed by atoms with E-state index in [0.29, 0.717) is 56.2 Å². The molecule has 0 aromatic carbocycles. The van der Waals surface area contributed by atoms with Crippen LogP contribution in [-0.4, -0.2) is 101 Å². The van der Waals surface area contributed by atoms with Gasteiger partial charge in [0.15, 0.2) is 6.29 Å². The zero-order valence-corrected chi connectivity index (χ0v) is 30.7. The van der Waals surface area contributed by atoms with Crippen LogP contribution >= 0.6 is 0 Å². The van der Waals surface area contributed by atoms with Crippen LogP contribution in [0.1, 0.15) is 106 Å². The van der Waals surface area contributed by atoms with Gasteiger partial charge in [0.25, 0.3) is 0 Å². The zero-order chi connectivity index (χ0) is 34.2. The van der Waals surface area contributed by atoms with Crippen LogP contribution in [0, 0.1) is 56.7 Å². The van der Waals surface area contributed by atoms with Gasteiger partial charge >= 0.3 is 0 Å². The monoisotopic (exact) mass is 672 g/mol. The largest absolute Gasteiger partial charge is 0.390 e. The summed E-state index contributed by atoms with van der Waals surface area (Å²) in [6.45, 7) is 18.9. The number of nitrogens with zero attached hydrogens (tertiary/aromatic N) is 1. The van der Waals surface area contributed by atoms with E-state index in [2.05, 4.69) is 39.9 Å². The molecule has 8 rings (SSSR count). The summed E-state index contributed by atoms with van der Waals surface area (Å²) in [6, 6.07) is 0. The molecule has 3 saturated heterocycles. The molecular formula is C39H64N2O7. The normalized spacial score (nSPS) is 51.8. The predicted molar refractivity (Wildman–Crippen MR) is 181 cm³/mol. The Morgan fingerprint density at radius 1 is 1.06 bits per heavy atom. The second kappa shape index (κ2) is 11.1. The summed E-state index contributed by atoms with van der Waals surface area (Å²) in [4.78, 5) is 15.0. The first-order valence-corrected chi connectivity index (χ1v) is 19.5. The maximum absolute atomic E-state index is 13.0. The molecule has 14 atom stereocenters. The van der Waals surface area contributed by atoms with Crippen molar-refractivity contribution in [1.29, 1.82) is 0 Å². The Labute approximate surface area is 288 Å². The fourth-order valence-electron chi connectivity index (χ4n) is 14.2. The molecule has 5 saturated carbocycles. The van der Waals surface area contributed by atoms with Crippen molar-refractivity contribution < 1.29 is 34.3 Å². The minimum atomic E-state index is -1.26. The smallest absolute Gasteiger partial charge is 0.223 e.